The molecule has 0 fully saturated rings. The van der Waals surface area contributed by atoms with Crippen LogP contribution in [0.25, 0.3) is 15.5 Å². The fourth-order valence-electron chi connectivity index (χ4n) is 1.48. The molecule has 0 aliphatic rings. The normalized spacial score (nSPS) is 11.5. The minimum atomic E-state index is -3.86. The van der Waals surface area contributed by atoms with E-state index >= 15 is 0 Å². The molecule has 0 unspecified atom stereocenters. The van der Waals surface area contributed by atoms with E-state index in [-0.39, 0.29) is 26.3 Å². The highest BCUT2D eigenvalue weighted by molar-refractivity contribution is 8.93. The lowest BCUT2D eigenvalue weighted by molar-refractivity contribution is -0.380. The first-order chi connectivity index (χ1) is 9.34. The van der Waals surface area contributed by atoms with Crippen LogP contribution in [0.2, 0.25) is 0 Å². The third-order valence-electron chi connectivity index (χ3n) is 2.29. The SMILES string of the molecule is Br.NS(=O)(=O)c1nn2cc(-c3ccc([N+](=O)[O-])s3)nc2s1. The van der Waals surface area contributed by atoms with Gasteiger partial charge >= 0.3 is 5.00 Å². The van der Waals surface area contributed by atoms with Crippen LogP contribution in [-0.4, -0.2) is 27.9 Å². The van der Waals surface area contributed by atoms with Crippen molar-refractivity contribution in [3.8, 4) is 10.6 Å². The van der Waals surface area contributed by atoms with Gasteiger partial charge in [-0.25, -0.2) is 23.1 Å². The highest BCUT2D eigenvalue weighted by Crippen LogP contribution is 2.32. The molecule has 2 N–H and O–H groups in total. The van der Waals surface area contributed by atoms with E-state index < -0.39 is 14.9 Å². The molecule has 0 amide bonds. The molecule has 13 heteroatoms. The Morgan fingerprint density at radius 1 is 1.33 bits per heavy atom. The lowest BCUT2D eigenvalue weighted by Crippen LogP contribution is -2.11. The molecule has 0 aliphatic heterocycles. The van der Waals surface area contributed by atoms with Crippen molar-refractivity contribution in [1.29, 1.82) is 0 Å². The molecule has 0 saturated heterocycles. The molecular formula is C8H6BrN5O4S3. The molecule has 112 valence electrons. The number of fused-ring (bicyclic) bond motifs is 1. The number of nitrogens with two attached hydrogens (primary N) is 1. The van der Waals surface area contributed by atoms with E-state index in [2.05, 4.69) is 10.1 Å². The number of hydrogen-bond donors (Lipinski definition) is 1. The molecular weight excluding hydrogens is 406 g/mol. The summed E-state index contributed by atoms with van der Waals surface area (Å²) in [7, 11) is -3.86. The molecule has 3 aromatic heterocycles. The van der Waals surface area contributed by atoms with Crippen molar-refractivity contribution in [3.63, 3.8) is 0 Å². The summed E-state index contributed by atoms with van der Waals surface area (Å²) in [5, 5.41) is 19.4. The van der Waals surface area contributed by atoms with Gasteiger partial charge < -0.3 is 0 Å². The van der Waals surface area contributed by atoms with Crippen LogP contribution < -0.4 is 5.14 Å². The van der Waals surface area contributed by atoms with Crippen LogP contribution in [-0.2, 0) is 10.0 Å². The molecule has 0 saturated carbocycles. The number of nitrogens with zero attached hydrogens (tertiary/aromatic N) is 4. The van der Waals surface area contributed by atoms with Gasteiger partial charge in [0, 0.05) is 6.07 Å². The van der Waals surface area contributed by atoms with E-state index in [1.807, 2.05) is 0 Å². The van der Waals surface area contributed by atoms with Crippen molar-refractivity contribution in [2.45, 2.75) is 4.34 Å². The van der Waals surface area contributed by atoms with E-state index in [9.17, 15) is 18.5 Å². The van der Waals surface area contributed by atoms with Crippen LogP contribution >= 0.6 is 39.7 Å². The third-order valence-corrected chi connectivity index (χ3v) is 5.58. The first-order valence-electron chi connectivity index (χ1n) is 4.98. The Balaban J connectivity index is 0.00000161. The summed E-state index contributed by atoms with van der Waals surface area (Å²) in [5.74, 6) is 0. The first kappa shape index (κ1) is 16.0. The summed E-state index contributed by atoms with van der Waals surface area (Å²) in [5.41, 5.74) is 0.489. The Morgan fingerprint density at radius 3 is 2.57 bits per heavy atom. The third kappa shape index (κ3) is 2.96. The summed E-state index contributed by atoms with van der Waals surface area (Å²) in [6.07, 6.45) is 1.50. The number of aromatic nitrogens is 3. The maximum absolute atomic E-state index is 11.1. The van der Waals surface area contributed by atoms with Gasteiger partial charge in [0.05, 0.1) is 16.0 Å². The van der Waals surface area contributed by atoms with Crippen LogP contribution in [0, 0.1) is 10.1 Å². The lowest BCUT2D eigenvalue weighted by Gasteiger charge is -1.88. The van der Waals surface area contributed by atoms with E-state index in [0.717, 1.165) is 22.7 Å². The Hall–Kier alpha value is -1.41. The van der Waals surface area contributed by atoms with Crippen LogP contribution in [0.15, 0.2) is 22.7 Å². The minimum absolute atomic E-state index is 0. The minimum Gasteiger partial charge on any atom is -0.258 e. The molecule has 0 aromatic carbocycles. The van der Waals surface area contributed by atoms with Gasteiger partial charge in [0.25, 0.3) is 10.0 Å². The van der Waals surface area contributed by atoms with Crippen LogP contribution in [0.3, 0.4) is 0 Å². The monoisotopic (exact) mass is 411 g/mol. The van der Waals surface area contributed by atoms with E-state index in [0.29, 0.717) is 15.5 Å². The lowest BCUT2D eigenvalue weighted by atomic mass is 10.4. The summed E-state index contributed by atoms with van der Waals surface area (Å²) >= 11 is 1.81. The molecule has 3 heterocycles. The predicted octanol–water partition coefficient (Wildman–Crippen LogP) is 1.65. The van der Waals surface area contributed by atoms with Crippen molar-refractivity contribution in [3.05, 3.63) is 28.4 Å². The second-order valence-corrected chi connectivity index (χ2v) is 7.41. The average Bonchev–Trinajstić information content (AvgIpc) is 3.00. The fraction of sp³-hybridized carbons (Fsp3) is 0. The zero-order valence-electron chi connectivity index (χ0n) is 9.86. The zero-order valence-corrected chi connectivity index (χ0v) is 14.0. The number of imidazole rings is 1. The Labute approximate surface area is 136 Å². The van der Waals surface area contributed by atoms with Gasteiger partial charge in [-0.2, -0.15) is 0 Å². The quantitative estimate of drug-likeness (QED) is 0.514. The summed E-state index contributed by atoms with van der Waals surface area (Å²) in [6, 6.07) is 2.96. The molecule has 3 aromatic rings. The Bertz CT molecular complexity index is 895. The average molecular weight is 412 g/mol. The maximum Gasteiger partial charge on any atom is 0.324 e. The van der Waals surface area contributed by atoms with Gasteiger partial charge in [-0.05, 0) is 6.07 Å². The number of rotatable bonds is 3. The summed E-state index contributed by atoms with van der Waals surface area (Å²) in [4.78, 5) is 15.3. The van der Waals surface area contributed by atoms with Gasteiger partial charge in [-0.1, -0.05) is 22.7 Å². The molecule has 0 spiro atoms. The van der Waals surface area contributed by atoms with Crippen molar-refractivity contribution in [1.82, 2.24) is 14.6 Å². The Kier molecular flexibility index (Phi) is 4.12. The standard InChI is InChI=1S/C8H5N5O4S3.BrH/c9-20(16,17)8-11-12-3-4(10-7(12)19-8)5-1-2-6(18-5)13(14)15;/h1-3H,(H2,9,16,17);1H. The topological polar surface area (TPSA) is 133 Å². The number of halogens is 1. The van der Waals surface area contributed by atoms with Crippen molar-refractivity contribution in [2.24, 2.45) is 5.14 Å². The Morgan fingerprint density at radius 2 is 2.05 bits per heavy atom. The fourth-order valence-corrected chi connectivity index (χ4v) is 3.76. The van der Waals surface area contributed by atoms with Gasteiger partial charge in [-0.3, -0.25) is 10.1 Å². The summed E-state index contributed by atoms with van der Waals surface area (Å²) in [6.45, 7) is 0. The van der Waals surface area contributed by atoms with Crippen LogP contribution in [0.1, 0.15) is 0 Å². The summed E-state index contributed by atoms with van der Waals surface area (Å²) < 4.78 is 23.3. The van der Waals surface area contributed by atoms with Crippen molar-refractivity contribution < 1.29 is 13.3 Å². The number of primary sulfonamides is 1. The van der Waals surface area contributed by atoms with Gasteiger partial charge in [0.2, 0.25) is 9.30 Å². The number of thiophene rings is 1. The molecule has 9 nitrogen and oxygen atoms in total. The van der Waals surface area contributed by atoms with Crippen molar-refractivity contribution >= 4 is 59.6 Å². The smallest absolute Gasteiger partial charge is 0.258 e. The molecule has 0 aliphatic carbocycles. The number of sulfonamides is 1. The second kappa shape index (κ2) is 5.42. The van der Waals surface area contributed by atoms with Gasteiger partial charge in [0.1, 0.15) is 5.69 Å². The largest absolute Gasteiger partial charge is 0.324 e. The molecule has 0 atom stereocenters. The number of nitro groups is 1. The number of hydrogen-bond acceptors (Lipinski definition) is 8. The van der Waals surface area contributed by atoms with Gasteiger partial charge in [0.15, 0.2) is 0 Å². The van der Waals surface area contributed by atoms with Crippen LogP contribution in [0.4, 0.5) is 5.00 Å². The predicted molar refractivity (Wildman–Crippen MR) is 82.5 cm³/mol. The van der Waals surface area contributed by atoms with Crippen LogP contribution in [0.5, 0.6) is 0 Å². The molecule has 0 radical (unpaired) electrons. The highest BCUT2D eigenvalue weighted by atomic mass is 79.9. The zero-order chi connectivity index (χ0) is 14.5. The molecule has 21 heavy (non-hydrogen) atoms. The maximum atomic E-state index is 11.1. The molecule has 3 rings (SSSR count). The second-order valence-electron chi connectivity index (χ2n) is 3.66. The van der Waals surface area contributed by atoms with E-state index in [4.69, 9.17) is 5.14 Å². The highest BCUT2D eigenvalue weighted by Gasteiger charge is 2.18. The van der Waals surface area contributed by atoms with E-state index in [1.165, 1.54) is 16.8 Å². The van der Waals surface area contributed by atoms with E-state index in [1.54, 1.807) is 6.07 Å². The van der Waals surface area contributed by atoms with Gasteiger partial charge in [-0.15, -0.1) is 22.1 Å². The molecule has 0 bridgehead atoms. The first-order valence-corrected chi connectivity index (χ1v) is 8.16. The van der Waals surface area contributed by atoms with Crippen molar-refractivity contribution in [2.75, 3.05) is 0 Å².